The van der Waals surface area contributed by atoms with Crippen molar-refractivity contribution in [2.24, 2.45) is 11.7 Å². The Morgan fingerprint density at radius 1 is 1.48 bits per heavy atom. The Kier molecular flexibility index (Phi) is 7.07. The standard InChI is InChI=1S/C14H28N4O3/c1-9(2)7-11(14(21)18(3)8-12(15)19)17-13(20)10-5-4-6-16-10/h9-11,14,16,21H,4-8H2,1-3H3,(H2,15,19)(H,17,20)/t10-,11-,14?/m0/s1. The van der Waals surface area contributed by atoms with Crippen LogP contribution in [-0.2, 0) is 9.59 Å². The Labute approximate surface area is 126 Å². The predicted molar refractivity (Wildman–Crippen MR) is 80.2 cm³/mol. The van der Waals surface area contributed by atoms with E-state index in [4.69, 9.17) is 5.73 Å². The molecule has 7 nitrogen and oxygen atoms in total. The molecule has 2 amide bonds. The highest BCUT2D eigenvalue weighted by Gasteiger charge is 2.30. The first-order valence-electron chi connectivity index (χ1n) is 7.51. The van der Waals surface area contributed by atoms with Gasteiger partial charge in [-0.2, -0.15) is 0 Å². The summed E-state index contributed by atoms with van der Waals surface area (Å²) >= 11 is 0. The Morgan fingerprint density at radius 2 is 2.14 bits per heavy atom. The fraction of sp³-hybridized carbons (Fsp3) is 0.857. The zero-order chi connectivity index (χ0) is 16.0. The van der Waals surface area contributed by atoms with E-state index in [-0.39, 0.29) is 18.5 Å². The SMILES string of the molecule is CC(C)C[C@H](NC(=O)[C@@H]1CCCN1)C(O)N(C)CC(N)=O. The van der Waals surface area contributed by atoms with Crippen molar-refractivity contribution in [2.75, 3.05) is 20.1 Å². The lowest BCUT2D eigenvalue weighted by atomic mass is 10.0. The quantitative estimate of drug-likeness (QED) is 0.430. The van der Waals surface area contributed by atoms with Crippen molar-refractivity contribution in [1.29, 1.82) is 0 Å². The van der Waals surface area contributed by atoms with Gasteiger partial charge in [-0.1, -0.05) is 13.8 Å². The van der Waals surface area contributed by atoms with Crippen molar-refractivity contribution in [3.63, 3.8) is 0 Å². The second-order valence-electron chi connectivity index (χ2n) is 6.19. The molecular weight excluding hydrogens is 272 g/mol. The Morgan fingerprint density at radius 3 is 2.62 bits per heavy atom. The van der Waals surface area contributed by atoms with Crippen molar-refractivity contribution in [2.45, 2.75) is 51.4 Å². The number of amides is 2. The molecule has 0 radical (unpaired) electrons. The van der Waals surface area contributed by atoms with Gasteiger partial charge in [-0.3, -0.25) is 14.5 Å². The second-order valence-corrected chi connectivity index (χ2v) is 6.19. The summed E-state index contributed by atoms with van der Waals surface area (Å²) in [5, 5.41) is 16.4. The monoisotopic (exact) mass is 300 g/mol. The highest BCUT2D eigenvalue weighted by Crippen LogP contribution is 2.12. The first-order valence-corrected chi connectivity index (χ1v) is 7.51. The fourth-order valence-corrected chi connectivity index (χ4v) is 2.60. The lowest BCUT2D eigenvalue weighted by Gasteiger charge is -2.32. The van der Waals surface area contributed by atoms with Crippen LogP contribution in [0.1, 0.15) is 33.1 Å². The van der Waals surface area contributed by atoms with Gasteiger partial charge in [0.25, 0.3) is 0 Å². The predicted octanol–water partition coefficient (Wildman–Crippen LogP) is -0.995. The van der Waals surface area contributed by atoms with Gasteiger partial charge in [0.2, 0.25) is 11.8 Å². The van der Waals surface area contributed by atoms with Gasteiger partial charge in [0.05, 0.1) is 18.6 Å². The molecule has 0 aromatic heterocycles. The summed E-state index contributed by atoms with van der Waals surface area (Å²) in [4.78, 5) is 24.6. The molecular formula is C14H28N4O3. The van der Waals surface area contributed by atoms with Gasteiger partial charge in [-0.25, -0.2) is 0 Å². The number of carbonyl (C=O) groups excluding carboxylic acids is 2. The zero-order valence-electron chi connectivity index (χ0n) is 13.1. The van der Waals surface area contributed by atoms with E-state index in [1.165, 1.54) is 4.90 Å². The van der Waals surface area contributed by atoms with E-state index in [2.05, 4.69) is 10.6 Å². The van der Waals surface area contributed by atoms with Crippen LogP contribution in [0.2, 0.25) is 0 Å². The molecule has 1 unspecified atom stereocenters. The summed E-state index contributed by atoms with van der Waals surface area (Å²) in [6.07, 6.45) is 1.48. The number of rotatable bonds is 8. The molecule has 1 saturated heterocycles. The van der Waals surface area contributed by atoms with E-state index < -0.39 is 18.2 Å². The highest BCUT2D eigenvalue weighted by atomic mass is 16.3. The van der Waals surface area contributed by atoms with Crippen LogP contribution in [-0.4, -0.2) is 60.3 Å². The summed E-state index contributed by atoms with van der Waals surface area (Å²) < 4.78 is 0. The molecule has 0 aliphatic carbocycles. The molecule has 0 bridgehead atoms. The molecule has 0 aromatic rings. The number of nitrogens with zero attached hydrogens (tertiary/aromatic N) is 1. The van der Waals surface area contributed by atoms with Crippen LogP contribution in [0, 0.1) is 5.92 Å². The van der Waals surface area contributed by atoms with E-state index >= 15 is 0 Å². The summed E-state index contributed by atoms with van der Waals surface area (Å²) in [5.41, 5.74) is 5.14. The van der Waals surface area contributed by atoms with Crippen molar-refractivity contribution in [3.05, 3.63) is 0 Å². The third-order valence-electron chi connectivity index (χ3n) is 3.65. The van der Waals surface area contributed by atoms with Crippen LogP contribution >= 0.6 is 0 Å². The number of aliphatic hydroxyl groups is 1. The van der Waals surface area contributed by atoms with Gasteiger partial charge < -0.3 is 21.5 Å². The topological polar surface area (TPSA) is 108 Å². The first kappa shape index (κ1) is 17.9. The van der Waals surface area contributed by atoms with Gasteiger partial charge >= 0.3 is 0 Å². The minimum atomic E-state index is -0.940. The van der Waals surface area contributed by atoms with Crippen LogP contribution < -0.4 is 16.4 Å². The van der Waals surface area contributed by atoms with E-state index in [1.54, 1.807) is 7.05 Å². The van der Waals surface area contributed by atoms with E-state index in [0.717, 1.165) is 19.4 Å². The number of carbonyl (C=O) groups is 2. The number of primary amides is 1. The third kappa shape index (κ3) is 5.99. The maximum Gasteiger partial charge on any atom is 0.237 e. The molecule has 0 spiro atoms. The van der Waals surface area contributed by atoms with E-state index in [9.17, 15) is 14.7 Å². The molecule has 1 aliphatic rings. The van der Waals surface area contributed by atoms with Crippen molar-refractivity contribution in [3.8, 4) is 0 Å². The van der Waals surface area contributed by atoms with Crippen LogP contribution in [0.25, 0.3) is 0 Å². The summed E-state index contributed by atoms with van der Waals surface area (Å²) in [5.74, 6) is -0.295. The molecule has 1 rings (SSSR count). The summed E-state index contributed by atoms with van der Waals surface area (Å²) in [6, 6.07) is -0.613. The maximum atomic E-state index is 12.2. The molecule has 7 heteroatoms. The van der Waals surface area contributed by atoms with Gasteiger partial charge in [-0.05, 0) is 38.8 Å². The summed E-state index contributed by atoms with van der Waals surface area (Å²) in [6.45, 7) is 4.84. The Bertz CT molecular complexity index is 356. The van der Waals surface area contributed by atoms with Gasteiger partial charge in [-0.15, -0.1) is 0 Å². The molecule has 0 saturated carbocycles. The number of aliphatic hydroxyl groups excluding tert-OH is 1. The largest absolute Gasteiger partial charge is 0.376 e. The van der Waals surface area contributed by atoms with Crippen molar-refractivity contribution < 1.29 is 14.7 Å². The highest BCUT2D eigenvalue weighted by molar-refractivity contribution is 5.82. The van der Waals surface area contributed by atoms with Gasteiger partial charge in [0.15, 0.2) is 0 Å². The number of likely N-dealkylation sites (N-methyl/N-ethyl adjacent to an activating group) is 1. The zero-order valence-corrected chi connectivity index (χ0v) is 13.1. The molecule has 1 fully saturated rings. The lowest BCUT2D eigenvalue weighted by molar-refractivity contribution is -0.127. The average molecular weight is 300 g/mol. The summed E-state index contributed by atoms with van der Waals surface area (Å²) in [7, 11) is 1.61. The minimum Gasteiger partial charge on any atom is -0.376 e. The smallest absolute Gasteiger partial charge is 0.237 e. The molecule has 5 N–H and O–H groups in total. The average Bonchev–Trinajstić information content (AvgIpc) is 2.89. The molecule has 3 atom stereocenters. The Balaban J connectivity index is 2.64. The maximum absolute atomic E-state index is 12.2. The number of nitrogens with one attached hydrogen (secondary N) is 2. The molecule has 1 aliphatic heterocycles. The molecule has 0 aromatic carbocycles. The molecule has 122 valence electrons. The van der Waals surface area contributed by atoms with Crippen LogP contribution in [0.5, 0.6) is 0 Å². The van der Waals surface area contributed by atoms with E-state index in [0.29, 0.717) is 12.3 Å². The fourth-order valence-electron chi connectivity index (χ4n) is 2.60. The van der Waals surface area contributed by atoms with Gasteiger partial charge in [0.1, 0.15) is 6.23 Å². The van der Waals surface area contributed by atoms with Crippen LogP contribution in [0.15, 0.2) is 0 Å². The van der Waals surface area contributed by atoms with Gasteiger partial charge in [0, 0.05) is 0 Å². The number of nitrogens with two attached hydrogens (primary N) is 1. The molecule has 21 heavy (non-hydrogen) atoms. The Hall–Kier alpha value is -1.18. The third-order valence-corrected chi connectivity index (χ3v) is 3.65. The minimum absolute atomic E-state index is 0.0483. The van der Waals surface area contributed by atoms with Crippen molar-refractivity contribution in [1.82, 2.24) is 15.5 Å². The normalized spacial score (nSPS) is 21.5. The van der Waals surface area contributed by atoms with Crippen LogP contribution in [0.4, 0.5) is 0 Å². The van der Waals surface area contributed by atoms with E-state index in [1.807, 2.05) is 13.8 Å². The second kappa shape index (κ2) is 8.31. The number of hydrogen-bond donors (Lipinski definition) is 4. The first-order chi connectivity index (χ1) is 9.81. The number of hydrogen-bond acceptors (Lipinski definition) is 5. The lowest BCUT2D eigenvalue weighted by Crippen LogP contribution is -2.55. The molecule has 1 heterocycles. The van der Waals surface area contributed by atoms with Crippen molar-refractivity contribution >= 4 is 11.8 Å². The van der Waals surface area contributed by atoms with Crippen LogP contribution in [0.3, 0.4) is 0 Å².